The van der Waals surface area contributed by atoms with Crippen molar-refractivity contribution in [3.05, 3.63) is 0 Å². The molecule has 3 nitrogen and oxygen atoms in total. The van der Waals surface area contributed by atoms with Gasteiger partial charge in [0.05, 0.1) is 13.2 Å². The monoisotopic (exact) mass is 227 g/mol. The van der Waals surface area contributed by atoms with E-state index in [1.807, 2.05) is 0 Å². The molecule has 0 radical (unpaired) electrons. The van der Waals surface area contributed by atoms with Crippen molar-refractivity contribution in [3.63, 3.8) is 0 Å². The topological polar surface area (TPSA) is 41.5 Å². The first-order valence-electron chi connectivity index (χ1n) is 5.03. The van der Waals surface area contributed by atoms with Crippen molar-refractivity contribution in [1.82, 2.24) is 5.32 Å². The summed E-state index contributed by atoms with van der Waals surface area (Å²) >= 11 is 0. The van der Waals surface area contributed by atoms with E-state index in [1.54, 1.807) is 0 Å². The minimum absolute atomic E-state index is 0.263. The SMILES string of the molecule is OC(COCC1CCCNC1)C(F)(F)F. The van der Waals surface area contributed by atoms with Gasteiger partial charge in [-0.1, -0.05) is 0 Å². The number of ether oxygens (including phenoxy) is 1. The number of aliphatic hydroxyl groups is 1. The van der Waals surface area contributed by atoms with E-state index < -0.39 is 18.9 Å². The first-order chi connectivity index (χ1) is 7.00. The third-order valence-electron chi connectivity index (χ3n) is 2.41. The molecule has 1 rings (SSSR count). The van der Waals surface area contributed by atoms with Gasteiger partial charge < -0.3 is 15.2 Å². The number of alkyl halides is 3. The van der Waals surface area contributed by atoms with Crippen molar-refractivity contribution in [2.24, 2.45) is 5.92 Å². The first kappa shape index (κ1) is 12.7. The molecule has 0 aromatic heterocycles. The molecule has 0 aromatic rings. The van der Waals surface area contributed by atoms with Crippen molar-refractivity contribution < 1.29 is 23.0 Å². The molecule has 2 atom stereocenters. The molecule has 0 spiro atoms. The van der Waals surface area contributed by atoms with Crippen molar-refractivity contribution in [2.45, 2.75) is 25.1 Å². The Balaban J connectivity index is 2.10. The summed E-state index contributed by atoms with van der Waals surface area (Å²) in [5.74, 6) is 0.263. The highest BCUT2D eigenvalue weighted by molar-refractivity contribution is 4.69. The van der Waals surface area contributed by atoms with Crippen LogP contribution in [0.1, 0.15) is 12.8 Å². The number of rotatable bonds is 4. The maximum Gasteiger partial charge on any atom is 0.416 e. The summed E-state index contributed by atoms with van der Waals surface area (Å²) in [5, 5.41) is 11.8. The summed E-state index contributed by atoms with van der Waals surface area (Å²) in [6.07, 6.45) is -4.95. The lowest BCUT2D eigenvalue weighted by Gasteiger charge is -2.23. The highest BCUT2D eigenvalue weighted by Crippen LogP contribution is 2.20. The molecular formula is C9H16F3NO2. The van der Waals surface area contributed by atoms with E-state index >= 15 is 0 Å². The molecule has 0 saturated carbocycles. The standard InChI is InChI=1S/C9H16F3NO2/c10-9(11,12)8(14)6-15-5-7-2-1-3-13-4-7/h7-8,13-14H,1-6H2. The van der Waals surface area contributed by atoms with Gasteiger partial charge in [-0.3, -0.25) is 0 Å². The van der Waals surface area contributed by atoms with Gasteiger partial charge in [-0.15, -0.1) is 0 Å². The molecule has 1 aliphatic heterocycles. The van der Waals surface area contributed by atoms with Gasteiger partial charge in [-0.25, -0.2) is 0 Å². The Labute approximate surface area is 86.6 Å². The van der Waals surface area contributed by atoms with Gasteiger partial charge in [0.25, 0.3) is 0 Å². The molecule has 0 aliphatic carbocycles. The Bertz CT molecular complexity index is 181. The minimum atomic E-state index is -4.58. The van der Waals surface area contributed by atoms with Gasteiger partial charge in [-0.05, 0) is 25.3 Å². The zero-order valence-corrected chi connectivity index (χ0v) is 8.39. The second kappa shape index (κ2) is 5.67. The lowest BCUT2D eigenvalue weighted by molar-refractivity contribution is -0.218. The maximum absolute atomic E-state index is 11.9. The fourth-order valence-electron chi connectivity index (χ4n) is 1.51. The van der Waals surface area contributed by atoms with Crippen LogP contribution in [-0.4, -0.2) is 43.7 Å². The van der Waals surface area contributed by atoms with Crippen LogP contribution in [0.5, 0.6) is 0 Å². The molecule has 0 amide bonds. The average molecular weight is 227 g/mol. The first-order valence-corrected chi connectivity index (χ1v) is 5.03. The number of aliphatic hydroxyl groups excluding tert-OH is 1. The van der Waals surface area contributed by atoms with E-state index in [2.05, 4.69) is 5.32 Å². The summed E-state index contributed by atoms with van der Waals surface area (Å²) in [6.45, 7) is 1.35. The number of hydrogen-bond donors (Lipinski definition) is 2. The lowest BCUT2D eigenvalue weighted by Crippen LogP contribution is -2.36. The van der Waals surface area contributed by atoms with Crippen LogP contribution in [0.15, 0.2) is 0 Å². The van der Waals surface area contributed by atoms with Crippen LogP contribution in [0.25, 0.3) is 0 Å². The van der Waals surface area contributed by atoms with Crippen molar-refractivity contribution >= 4 is 0 Å². The lowest BCUT2D eigenvalue weighted by atomic mass is 10.0. The smallest absolute Gasteiger partial charge is 0.382 e. The summed E-state index contributed by atoms with van der Waals surface area (Å²) < 4.78 is 40.5. The van der Waals surface area contributed by atoms with E-state index in [0.717, 1.165) is 25.9 Å². The molecule has 1 heterocycles. The van der Waals surface area contributed by atoms with Crippen LogP contribution in [-0.2, 0) is 4.74 Å². The highest BCUT2D eigenvalue weighted by Gasteiger charge is 2.38. The van der Waals surface area contributed by atoms with E-state index in [4.69, 9.17) is 9.84 Å². The van der Waals surface area contributed by atoms with Crippen LogP contribution >= 0.6 is 0 Å². The molecular weight excluding hydrogens is 211 g/mol. The van der Waals surface area contributed by atoms with Gasteiger partial charge in [0, 0.05) is 6.54 Å². The molecule has 0 aromatic carbocycles. The molecule has 15 heavy (non-hydrogen) atoms. The Morgan fingerprint density at radius 3 is 2.73 bits per heavy atom. The molecule has 0 bridgehead atoms. The highest BCUT2D eigenvalue weighted by atomic mass is 19.4. The second-order valence-electron chi connectivity index (χ2n) is 3.81. The maximum atomic E-state index is 11.9. The third-order valence-corrected chi connectivity index (χ3v) is 2.41. The summed E-state index contributed by atoms with van der Waals surface area (Å²) in [7, 11) is 0. The average Bonchev–Trinajstić information content (AvgIpc) is 2.18. The van der Waals surface area contributed by atoms with Crippen molar-refractivity contribution in [2.75, 3.05) is 26.3 Å². The molecule has 2 unspecified atom stereocenters. The molecule has 1 saturated heterocycles. The molecule has 2 N–H and O–H groups in total. The van der Waals surface area contributed by atoms with Crippen molar-refractivity contribution in [3.8, 4) is 0 Å². The molecule has 6 heteroatoms. The van der Waals surface area contributed by atoms with Crippen molar-refractivity contribution in [1.29, 1.82) is 0 Å². The van der Waals surface area contributed by atoms with E-state index in [-0.39, 0.29) is 12.5 Å². The van der Waals surface area contributed by atoms with Crippen LogP contribution in [0.4, 0.5) is 13.2 Å². The van der Waals surface area contributed by atoms with Gasteiger partial charge in [0.15, 0.2) is 6.10 Å². The second-order valence-corrected chi connectivity index (χ2v) is 3.81. The van der Waals surface area contributed by atoms with Crippen LogP contribution in [0, 0.1) is 5.92 Å². The van der Waals surface area contributed by atoms with E-state index in [9.17, 15) is 13.2 Å². The number of piperidine rings is 1. The number of halogens is 3. The van der Waals surface area contributed by atoms with Crippen LogP contribution in [0.2, 0.25) is 0 Å². The van der Waals surface area contributed by atoms with E-state index in [0.29, 0.717) is 0 Å². The number of nitrogens with one attached hydrogen (secondary N) is 1. The fraction of sp³-hybridized carbons (Fsp3) is 1.00. The summed E-state index contributed by atoms with van der Waals surface area (Å²) in [5.41, 5.74) is 0. The van der Waals surface area contributed by atoms with Crippen LogP contribution < -0.4 is 5.32 Å². The Kier molecular flexibility index (Phi) is 4.82. The minimum Gasteiger partial charge on any atom is -0.382 e. The van der Waals surface area contributed by atoms with Gasteiger partial charge >= 0.3 is 6.18 Å². The zero-order valence-electron chi connectivity index (χ0n) is 8.39. The summed E-state index contributed by atoms with van der Waals surface area (Å²) in [6, 6.07) is 0. The molecule has 1 aliphatic rings. The van der Waals surface area contributed by atoms with Crippen LogP contribution in [0.3, 0.4) is 0 Å². The largest absolute Gasteiger partial charge is 0.416 e. The Hall–Kier alpha value is -0.330. The number of hydrogen-bond acceptors (Lipinski definition) is 3. The predicted molar refractivity (Wildman–Crippen MR) is 48.5 cm³/mol. The third kappa shape index (κ3) is 4.81. The normalized spacial score (nSPS) is 25.2. The predicted octanol–water partition coefficient (Wildman–Crippen LogP) is 0.926. The molecule has 90 valence electrons. The van der Waals surface area contributed by atoms with Gasteiger partial charge in [0.2, 0.25) is 0 Å². The van der Waals surface area contributed by atoms with Gasteiger partial charge in [-0.2, -0.15) is 13.2 Å². The Morgan fingerprint density at radius 1 is 1.47 bits per heavy atom. The fourth-order valence-corrected chi connectivity index (χ4v) is 1.51. The quantitative estimate of drug-likeness (QED) is 0.750. The van der Waals surface area contributed by atoms with E-state index in [1.165, 1.54) is 0 Å². The van der Waals surface area contributed by atoms with Gasteiger partial charge in [0.1, 0.15) is 0 Å². The molecule has 1 fully saturated rings. The summed E-state index contributed by atoms with van der Waals surface area (Å²) in [4.78, 5) is 0. The Morgan fingerprint density at radius 2 is 2.20 bits per heavy atom. The zero-order chi connectivity index (χ0) is 11.3.